The Bertz CT molecular complexity index is 1180. The van der Waals surface area contributed by atoms with Crippen LogP contribution in [0.15, 0.2) is 59.4 Å². The minimum absolute atomic E-state index is 0.233. The van der Waals surface area contributed by atoms with E-state index in [1.807, 2.05) is 37.3 Å². The Kier molecular flexibility index (Phi) is 4.19. The lowest BCUT2D eigenvalue weighted by molar-refractivity contribution is 0.619. The largest absolute Gasteiger partial charge is 0.352 e. The van der Waals surface area contributed by atoms with E-state index in [4.69, 9.17) is 0 Å². The lowest BCUT2D eigenvalue weighted by atomic mass is 10.2. The number of fused-ring (bicyclic) bond motifs is 1. The highest BCUT2D eigenvalue weighted by molar-refractivity contribution is 5.59. The fraction of sp³-hybridized carbons (Fsp3) is 0.150. The molecule has 6 nitrogen and oxygen atoms in total. The maximum Gasteiger partial charge on any atom is 0.352 e. The third-order valence-corrected chi connectivity index (χ3v) is 4.35. The third kappa shape index (κ3) is 3.31. The van der Waals surface area contributed by atoms with Crippen molar-refractivity contribution in [2.24, 2.45) is 0 Å². The first-order valence-corrected chi connectivity index (χ1v) is 8.55. The topological polar surface area (TPSA) is 64.2 Å². The summed E-state index contributed by atoms with van der Waals surface area (Å²) in [5.41, 5.74) is 2.73. The summed E-state index contributed by atoms with van der Waals surface area (Å²) >= 11 is 0. The van der Waals surface area contributed by atoms with Gasteiger partial charge in [0.25, 0.3) is 5.78 Å². The number of aryl methyl sites for hydroxylation is 2. The Hall–Kier alpha value is -3.48. The Morgan fingerprint density at radius 2 is 1.85 bits per heavy atom. The van der Waals surface area contributed by atoms with E-state index in [-0.39, 0.29) is 11.5 Å². The average molecular weight is 363 g/mol. The van der Waals surface area contributed by atoms with Gasteiger partial charge in [-0.2, -0.15) is 4.98 Å². The van der Waals surface area contributed by atoms with E-state index in [2.05, 4.69) is 15.4 Å². The van der Waals surface area contributed by atoms with Crippen molar-refractivity contribution in [3.05, 3.63) is 87.7 Å². The van der Waals surface area contributed by atoms with Crippen LogP contribution in [0, 0.1) is 19.7 Å². The lowest BCUT2D eigenvalue weighted by Gasteiger charge is -2.08. The van der Waals surface area contributed by atoms with Crippen molar-refractivity contribution in [1.82, 2.24) is 19.2 Å². The fourth-order valence-electron chi connectivity index (χ4n) is 2.97. The van der Waals surface area contributed by atoms with E-state index >= 15 is 0 Å². The maximum absolute atomic E-state index is 13.4. The molecule has 1 N–H and O–H groups in total. The normalized spacial score (nSPS) is 11.1. The predicted octanol–water partition coefficient (Wildman–Crippen LogP) is 3.44. The Morgan fingerprint density at radius 3 is 2.59 bits per heavy atom. The van der Waals surface area contributed by atoms with Crippen molar-refractivity contribution in [2.75, 3.05) is 5.32 Å². The Morgan fingerprint density at radius 1 is 1.07 bits per heavy atom. The second kappa shape index (κ2) is 6.68. The van der Waals surface area contributed by atoms with Gasteiger partial charge in [0.2, 0.25) is 0 Å². The predicted molar refractivity (Wildman–Crippen MR) is 102 cm³/mol. The second-order valence-corrected chi connectivity index (χ2v) is 6.43. The van der Waals surface area contributed by atoms with Crippen LogP contribution < -0.4 is 11.0 Å². The van der Waals surface area contributed by atoms with Gasteiger partial charge in [0, 0.05) is 17.4 Å². The van der Waals surface area contributed by atoms with Crippen molar-refractivity contribution in [1.29, 1.82) is 0 Å². The van der Waals surface area contributed by atoms with Gasteiger partial charge in [-0.3, -0.25) is 0 Å². The summed E-state index contributed by atoms with van der Waals surface area (Å²) in [5.74, 6) is 0.603. The van der Waals surface area contributed by atoms with Crippen LogP contribution in [0.3, 0.4) is 0 Å². The zero-order valence-corrected chi connectivity index (χ0v) is 15.0. The smallest absolute Gasteiger partial charge is 0.340 e. The minimum Gasteiger partial charge on any atom is -0.340 e. The summed E-state index contributed by atoms with van der Waals surface area (Å²) in [5, 5.41) is 7.50. The van der Waals surface area contributed by atoms with Gasteiger partial charge in [0.05, 0.1) is 6.54 Å². The van der Waals surface area contributed by atoms with E-state index in [1.165, 1.54) is 15.1 Å². The number of anilines is 2. The van der Waals surface area contributed by atoms with Crippen molar-refractivity contribution < 1.29 is 4.39 Å². The molecule has 0 saturated carbocycles. The molecule has 0 saturated heterocycles. The molecule has 0 amide bonds. The average Bonchev–Trinajstić information content (AvgIpc) is 2.95. The first kappa shape index (κ1) is 17.0. The van der Waals surface area contributed by atoms with Gasteiger partial charge in [0.1, 0.15) is 11.6 Å². The van der Waals surface area contributed by atoms with Crippen LogP contribution in [-0.4, -0.2) is 19.2 Å². The van der Waals surface area contributed by atoms with Crippen LogP contribution in [0.1, 0.15) is 16.8 Å². The molecule has 4 aromatic rings. The van der Waals surface area contributed by atoms with Crippen molar-refractivity contribution in [3.63, 3.8) is 0 Å². The van der Waals surface area contributed by atoms with Crippen molar-refractivity contribution >= 4 is 17.3 Å². The molecule has 0 radical (unpaired) electrons. The van der Waals surface area contributed by atoms with E-state index in [0.29, 0.717) is 29.4 Å². The Labute approximate surface area is 154 Å². The summed E-state index contributed by atoms with van der Waals surface area (Å²) in [7, 11) is 0. The van der Waals surface area contributed by atoms with Gasteiger partial charge >= 0.3 is 5.69 Å². The number of benzene rings is 2. The van der Waals surface area contributed by atoms with Gasteiger partial charge < -0.3 is 5.32 Å². The molecule has 2 aromatic heterocycles. The number of nitrogens with one attached hydrogen (secondary N) is 1. The van der Waals surface area contributed by atoms with Gasteiger partial charge in [-0.15, -0.1) is 5.10 Å². The molecule has 0 unspecified atom stereocenters. The molecule has 7 heteroatoms. The Balaban J connectivity index is 1.70. The van der Waals surface area contributed by atoms with Crippen LogP contribution in [0.5, 0.6) is 0 Å². The molecular weight excluding hydrogens is 345 g/mol. The first-order chi connectivity index (χ1) is 13.0. The highest BCUT2D eigenvalue weighted by Gasteiger charge is 2.12. The molecule has 0 aliphatic rings. The standard InChI is InChI=1S/C20H18FN5O/c1-13-10-16(8-9-17(13)21)22-18-11-14(2)26-19(23-18)24-25(20(26)27)12-15-6-4-3-5-7-15/h3-11H,12H2,1-2H3,(H,22,23,24). The molecular formula is C20H18FN5O. The summed E-state index contributed by atoms with van der Waals surface area (Å²) < 4.78 is 16.3. The number of nitrogens with zero attached hydrogens (tertiary/aromatic N) is 4. The van der Waals surface area contributed by atoms with Crippen molar-refractivity contribution in [3.8, 4) is 0 Å². The zero-order chi connectivity index (χ0) is 19.0. The monoisotopic (exact) mass is 363 g/mol. The SMILES string of the molecule is Cc1cc(Nc2cc(C)n3c(=O)n(Cc4ccccc4)nc3n2)ccc1F. The summed E-state index contributed by atoms with van der Waals surface area (Å²) in [6.07, 6.45) is 0. The van der Waals surface area contributed by atoms with Gasteiger partial charge in [-0.05, 0) is 43.2 Å². The summed E-state index contributed by atoms with van der Waals surface area (Å²) in [6.45, 7) is 3.90. The zero-order valence-electron chi connectivity index (χ0n) is 15.0. The highest BCUT2D eigenvalue weighted by atomic mass is 19.1. The molecule has 0 spiro atoms. The molecule has 0 fully saturated rings. The molecule has 2 heterocycles. The highest BCUT2D eigenvalue weighted by Crippen LogP contribution is 2.19. The number of hydrogen-bond acceptors (Lipinski definition) is 4. The minimum atomic E-state index is -0.258. The molecule has 0 atom stereocenters. The van der Waals surface area contributed by atoms with Crippen LogP contribution in [0.25, 0.3) is 5.78 Å². The molecule has 0 aliphatic heterocycles. The van der Waals surface area contributed by atoms with E-state index in [0.717, 1.165) is 11.3 Å². The summed E-state index contributed by atoms with van der Waals surface area (Å²) in [6, 6.07) is 16.2. The first-order valence-electron chi connectivity index (χ1n) is 8.55. The number of rotatable bonds is 4. The van der Waals surface area contributed by atoms with E-state index in [1.54, 1.807) is 25.1 Å². The molecule has 0 aliphatic carbocycles. The van der Waals surface area contributed by atoms with Crippen LogP contribution in [0.2, 0.25) is 0 Å². The van der Waals surface area contributed by atoms with Gasteiger partial charge in [-0.1, -0.05) is 30.3 Å². The fourth-order valence-corrected chi connectivity index (χ4v) is 2.97. The van der Waals surface area contributed by atoms with Crippen LogP contribution in [0.4, 0.5) is 15.9 Å². The quantitative estimate of drug-likeness (QED) is 0.603. The van der Waals surface area contributed by atoms with Gasteiger partial charge in [-0.25, -0.2) is 18.3 Å². The maximum atomic E-state index is 13.4. The number of halogens is 1. The van der Waals surface area contributed by atoms with E-state index in [9.17, 15) is 9.18 Å². The molecule has 4 rings (SSSR count). The lowest BCUT2D eigenvalue weighted by Crippen LogP contribution is -2.22. The third-order valence-electron chi connectivity index (χ3n) is 4.35. The molecule has 136 valence electrons. The number of hydrogen-bond donors (Lipinski definition) is 1. The number of aromatic nitrogens is 4. The van der Waals surface area contributed by atoms with Crippen LogP contribution >= 0.6 is 0 Å². The van der Waals surface area contributed by atoms with Crippen LogP contribution in [-0.2, 0) is 6.54 Å². The molecule has 2 aromatic carbocycles. The summed E-state index contributed by atoms with van der Waals surface area (Å²) in [4.78, 5) is 17.1. The molecule has 27 heavy (non-hydrogen) atoms. The van der Waals surface area contributed by atoms with E-state index < -0.39 is 0 Å². The van der Waals surface area contributed by atoms with Gasteiger partial charge in [0.15, 0.2) is 0 Å². The van der Waals surface area contributed by atoms with Crippen molar-refractivity contribution in [2.45, 2.75) is 20.4 Å². The second-order valence-electron chi connectivity index (χ2n) is 6.43. The molecule has 0 bridgehead atoms.